The number of rotatable bonds is 5. The van der Waals surface area contributed by atoms with Crippen molar-refractivity contribution in [1.29, 1.82) is 0 Å². The third-order valence-electron chi connectivity index (χ3n) is 3.67. The van der Waals surface area contributed by atoms with Gasteiger partial charge in [0, 0.05) is 11.6 Å². The number of hydrogen-bond donors (Lipinski definition) is 1. The maximum absolute atomic E-state index is 12.7. The molecule has 0 aliphatic rings. The maximum atomic E-state index is 12.7. The first-order valence-electron chi connectivity index (χ1n) is 7.87. The second-order valence-corrected chi connectivity index (χ2v) is 5.90. The van der Waals surface area contributed by atoms with Gasteiger partial charge in [-0.2, -0.15) is 0 Å². The zero-order chi connectivity index (χ0) is 19.4. The molecule has 0 bridgehead atoms. The average molecular weight is 360 g/mol. The van der Waals surface area contributed by atoms with Crippen LogP contribution in [-0.4, -0.2) is 37.2 Å². The van der Waals surface area contributed by atoms with Crippen LogP contribution in [0.2, 0.25) is 0 Å². The molecule has 2 aromatic rings. The van der Waals surface area contributed by atoms with E-state index >= 15 is 0 Å². The van der Waals surface area contributed by atoms with Crippen molar-refractivity contribution in [2.24, 2.45) is 0 Å². The normalized spacial score (nSPS) is 10.5. The van der Waals surface area contributed by atoms with Crippen molar-refractivity contribution in [1.82, 2.24) is 5.16 Å². The van der Waals surface area contributed by atoms with Gasteiger partial charge in [-0.15, -0.1) is 0 Å². The first-order chi connectivity index (χ1) is 12.3. The maximum Gasteiger partial charge on any atom is 0.337 e. The molecule has 138 valence electrons. The minimum atomic E-state index is -0.643. The van der Waals surface area contributed by atoms with Crippen LogP contribution in [0.4, 0.5) is 5.69 Å². The van der Waals surface area contributed by atoms with Crippen molar-refractivity contribution in [3.05, 3.63) is 46.3 Å². The fourth-order valence-corrected chi connectivity index (χ4v) is 2.42. The molecule has 1 N–H and O–H groups in total. The lowest BCUT2D eigenvalue weighted by molar-refractivity contribution is 0.0599. The molecule has 26 heavy (non-hydrogen) atoms. The molecule has 0 unspecified atom stereocenters. The molecule has 0 saturated heterocycles. The van der Waals surface area contributed by atoms with Crippen LogP contribution in [0.3, 0.4) is 0 Å². The number of amides is 1. The Balaban J connectivity index is 2.42. The number of benzene rings is 1. The summed E-state index contributed by atoms with van der Waals surface area (Å²) < 4.78 is 14.6. The highest BCUT2D eigenvalue weighted by atomic mass is 16.5. The highest BCUT2D eigenvalue weighted by Crippen LogP contribution is 2.24. The van der Waals surface area contributed by atoms with Crippen LogP contribution in [0.15, 0.2) is 22.7 Å². The lowest BCUT2D eigenvalue weighted by Gasteiger charge is -2.10. The predicted octanol–water partition coefficient (Wildman–Crippen LogP) is 2.93. The van der Waals surface area contributed by atoms with Crippen molar-refractivity contribution in [3.63, 3.8) is 0 Å². The van der Waals surface area contributed by atoms with E-state index in [1.165, 1.54) is 32.4 Å². The number of carbonyl (C=O) groups is 3. The van der Waals surface area contributed by atoms with E-state index in [0.717, 1.165) is 0 Å². The third kappa shape index (κ3) is 3.90. The van der Waals surface area contributed by atoms with Gasteiger partial charge in [-0.1, -0.05) is 19.0 Å². The average Bonchev–Trinajstić information content (AvgIpc) is 3.01. The van der Waals surface area contributed by atoms with Crippen LogP contribution in [0, 0.1) is 6.92 Å². The van der Waals surface area contributed by atoms with Crippen LogP contribution < -0.4 is 5.32 Å². The summed E-state index contributed by atoms with van der Waals surface area (Å²) in [5, 5.41) is 6.50. The van der Waals surface area contributed by atoms with E-state index in [4.69, 9.17) is 4.52 Å². The van der Waals surface area contributed by atoms with E-state index in [-0.39, 0.29) is 22.7 Å². The fraction of sp³-hybridized carbons (Fsp3) is 0.333. The number of aryl methyl sites for hydroxylation is 1. The van der Waals surface area contributed by atoms with Gasteiger partial charge in [-0.3, -0.25) is 4.79 Å². The summed E-state index contributed by atoms with van der Waals surface area (Å²) in [6, 6.07) is 4.15. The summed E-state index contributed by atoms with van der Waals surface area (Å²) in [5.41, 5.74) is 1.23. The van der Waals surface area contributed by atoms with E-state index in [9.17, 15) is 14.4 Å². The predicted molar refractivity (Wildman–Crippen MR) is 92.4 cm³/mol. The number of nitrogens with one attached hydrogen (secondary N) is 1. The quantitative estimate of drug-likeness (QED) is 0.817. The summed E-state index contributed by atoms with van der Waals surface area (Å²) in [6.07, 6.45) is 0. The number of carbonyl (C=O) groups excluding carboxylic acids is 3. The Bertz CT molecular complexity index is 819. The standard InChI is InChI=1S/C18H20N2O6/c1-9(2)15-14(10(3)20-26-15)16(21)19-13-7-11(17(22)24-4)6-12(8-13)18(23)25-5/h6-9H,1-5H3,(H,19,21). The molecule has 0 spiro atoms. The Morgan fingerprint density at radius 2 is 1.58 bits per heavy atom. The molecule has 1 amide bonds. The van der Waals surface area contributed by atoms with Gasteiger partial charge < -0.3 is 19.3 Å². The van der Waals surface area contributed by atoms with Gasteiger partial charge in [0.15, 0.2) is 5.76 Å². The number of ether oxygens (including phenoxy) is 2. The molecule has 2 rings (SSSR count). The van der Waals surface area contributed by atoms with Gasteiger partial charge in [0.05, 0.1) is 31.0 Å². The molecule has 0 radical (unpaired) electrons. The number of hydrogen-bond acceptors (Lipinski definition) is 7. The highest BCUT2D eigenvalue weighted by molar-refractivity contribution is 6.07. The summed E-state index contributed by atoms with van der Waals surface area (Å²) in [7, 11) is 2.45. The largest absolute Gasteiger partial charge is 0.465 e. The number of aromatic nitrogens is 1. The van der Waals surface area contributed by atoms with Crippen LogP contribution in [-0.2, 0) is 9.47 Å². The topological polar surface area (TPSA) is 108 Å². The molecule has 1 heterocycles. The number of nitrogens with zero attached hydrogens (tertiary/aromatic N) is 1. The molecular formula is C18H20N2O6. The fourth-order valence-electron chi connectivity index (χ4n) is 2.42. The summed E-state index contributed by atoms with van der Waals surface area (Å²) >= 11 is 0. The van der Waals surface area contributed by atoms with Crippen LogP contribution in [0.1, 0.15) is 62.3 Å². The lowest BCUT2D eigenvalue weighted by Crippen LogP contribution is -2.16. The van der Waals surface area contributed by atoms with Crippen molar-refractivity contribution < 1.29 is 28.4 Å². The monoisotopic (exact) mass is 360 g/mol. The minimum Gasteiger partial charge on any atom is -0.465 e. The second kappa shape index (κ2) is 7.81. The number of esters is 2. The van der Waals surface area contributed by atoms with Crippen LogP contribution in [0.5, 0.6) is 0 Å². The van der Waals surface area contributed by atoms with E-state index in [0.29, 0.717) is 17.0 Å². The van der Waals surface area contributed by atoms with Crippen molar-refractivity contribution in [3.8, 4) is 0 Å². The molecule has 1 aromatic carbocycles. The molecular weight excluding hydrogens is 340 g/mol. The molecule has 8 nitrogen and oxygen atoms in total. The first-order valence-corrected chi connectivity index (χ1v) is 7.87. The Morgan fingerprint density at radius 3 is 2.04 bits per heavy atom. The van der Waals surface area contributed by atoms with Gasteiger partial charge in [-0.05, 0) is 25.1 Å². The molecule has 0 saturated carbocycles. The molecule has 0 atom stereocenters. The Morgan fingerprint density at radius 1 is 1.04 bits per heavy atom. The second-order valence-electron chi connectivity index (χ2n) is 5.90. The van der Waals surface area contributed by atoms with Crippen LogP contribution in [0.25, 0.3) is 0 Å². The van der Waals surface area contributed by atoms with Gasteiger partial charge in [0.25, 0.3) is 5.91 Å². The SMILES string of the molecule is COC(=O)c1cc(NC(=O)c2c(C)noc2C(C)C)cc(C(=O)OC)c1. The van der Waals surface area contributed by atoms with Gasteiger partial charge in [-0.25, -0.2) is 9.59 Å². The number of anilines is 1. The van der Waals surface area contributed by atoms with E-state index in [1.54, 1.807) is 6.92 Å². The molecule has 8 heteroatoms. The smallest absolute Gasteiger partial charge is 0.337 e. The van der Waals surface area contributed by atoms with Crippen molar-refractivity contribution >= 4 is 23.5 Å². The summed E-state index contributed by atoms with van der Waals surface area (Å²) in [6.45, 7) is 5.42. The Kier molecular flexibility index (Phi) is 5.76. The summed E-state index contributed by atoms with van der Waals surface area (Å²) in [5.74, 6) is -1.32. The summed E-state index contributed by atoms with van der Waals surface area (Å²) in [4.78, 5) is 36.3. The molecule has 0 fully saturated rings. The molecule has 0 aliphatic carbocycles. The zero-order valence-corrected chi connectivity index (χ0v) is 15.2. The van der Waals surface area contributed by atoms with Gasteiger partial charge >= 0.3 is 11.9 Å². The van der Waals surface area contributed by atoms with Crippen LogP contribution >= 0.6 is 0 Å². The lowest BCUT2D eigenvalue weighted by atomic mass is 10.0. The van der Waals surface area contributed by atoms with E-state index < -0.39 is 17.8 Å². The van der Waals surface area contributed by atoms with Gasteiger partial charge in [0.1, 0.15) is 5.56 Å². The minimum absolute atomic E-state index is 0.0380. The third-order valence-corrected chi connectivity index (χ3v) is 3.67. The van der Waals surface area contributed by atoms with E-state index in [2.05, 4.69) is 19.9 Å². The van der Waals surface area contributed by atoms with Gasteiger partial charge in [0.2, 0.25) is 0 Å². The van der Waals surface area contributed by atoms with Crippen molar-refractivity contribution in [2.45, 2.75) is 26.7 Å². The highest BCUT2D eigenvalue weighted by Gasteiger charge is 2.23. The Hall–Kier alpha value is -3.16. The number of methoxy groups -OCH3 is 2. The Labute approximate surface area is 150 Å². The molecule has 0 aliphatic heterocycles. The molecule has 1 aromatic heterocycles. The zero-order valence-electron chi connectivity index (χ0n) is 15.2. The van der Waals surface area contributed by atoms with E-state index in [1.807, 2.05) is 13.8 Å². The first kappa shape index (κ1) is 19.2. The van der Waals surface area contributed by atoms with Crippen molar-refractivity contribution in [2.75, 3.05) is 19.5 Å².